The Morgan fingerprint density at radius 3 is 3.00 bits per heavy atom. The monoisotopic (exact) mass is 278 g/mol. The number of hydrogen-bond acceptors (Lipinski definition) is 4. The summed E-state index contributed by atoms with van der Waals surface area (Å²) in [6.45, 7) is 2.54. The number of carbonyl (C=O) groups is 1. The standard InChI is InChI=1S/C13H14N2OS2/c1-9-15-12(8-18-9)10-3-2-4-11(7-10)13(16)14-5-6-17/h2-4,7-8,17H,5-6H2,1H3,(H,14,16). The van der Waals surface area contributed by atoms with E-state index >= 15 is 0 Å². The number of hydrogen-bond donors (Lipinski definition) is 2. The van der Waals surface area contributed by atoms with E-state index in [2.05, 4.69) is 22.9 Å². The summed E-state index contributed by atoms with van der Waals surface area (Å²) in [5.41, 5.74) is 2.54. The summed E-state index contributed by atoms with van der Waals surface area (Å²) in [5.74, 6) is 0.564. The number of rotatable bonds is 4. The Hall–Kier alpha value is -1.33. The lowest BCUT2D eigenvalue weighted by Gasteiger charge is -2.04. The minimum atomic E-state index is -0.0714. The zero-order chi connectivity index (χ0) is 13.0. The van der Waals surface area contributed by atoms with Crippen LogP contribution in [0.1, 0.15) is 15.4 Å². The molecule has 0 bridgehead atoms. The molecule has 0 aliphatic carbocycles. The van der Waals surface area contributed by atoms with Crippen molar-refractivity contribution in [1.29, 1.82) is 0 Å². The number of nitrogens with zero attached hydrogens (tertiary/aromatic N) is 1. The van der Waals surface area contributed by atoms with Gasteiger partial charge in [-0.25, -0.2) is 4.98 Å². The van der Waals surface area contributed by atoms with Crippen LogP contribution in [0.5, 0.6) is 0 Å². The van der Waals surface area contributed by atoms with Crippen LogP contribution in [0.3, 0.4) is 0 Å². The molecule has 0 saturated heterocycles. The zero-order valence-corrected chi connectivity index (χ0v) is 11.7. The van der Waals surface area contributed by atoms with E-state index in [0.717, 1.165) is 16.3 Å². The molecule has 2 aromatic rings. The van der Waals surface area contributed by atoms with Crippen LogP contribution in [0.25, 0.3) is 11.3 Å². The minimum Gasteiger partial charge on any atom is -0.351 e. The van der Waals surface area contributed by atoms with E-state index in [1.807, 2.05) is 30.5 Å². The molecule has 1 heterocycles. The highest BCUT2D eigenvalue weighted by molar-refractivity contribution is 7.80. The Morgan fingerprint density at radius 2 is 2.33 bits per heavy atom. The van der Waals surface area contributed by atoms with Gasteiger partial charge in [-0.2, -0.15) is 12.6 Å². The maximum atomic E-state index is 11.8. The molecule has 18 heavy (non-hydrogen) atoms. The van der Waals surface area contributed by atoms with Crippen molar-refractivity contribution in [1.82, 2.24) is 10.3 Å². The Bertz CT molecular complexity index is 551. The molecular weight excluding hydrogens is 264 g/mol. The zero-order valence-electron chi connectivity index (χ0n) is 10.0. The predicted molar refractivity (Wildman–Crippen MR) is 78.5 cm³/mol. The molecule has 3 nitrogen and oxygen atoms in total. The number of aromatic nitrogens is 1. The largest absolute Gasteiger partial charge is 0.351 e. The summed E-state index contributed by atoms with van der Waals surface area (Å²) in [6.07, 6.45) is 0. The van der Waals surface area contributed by atoms with Crippen molar-refractivity contribution in [3.05, 3.63) is 40.2 Å². The van der Waals surface area contributed by atoms with Gasteiger partial charge in [0.15, 0.2) is 0 Å². The third kappa shape index (κ3) is 3.11. The lowest BCUT2D eigenvalue weighted by molar-refractivity contribution is 0.0956. The number of thiol groups is 1. The van der Waals surface area contributed by atoms with Gasteiger partial charge in [0.25, 0.3) is 5.91 Å². The first-order valence-corrected chi connectivity index (χ1v) is 7.13. The van der Waals surface area contributed by atoms with Crippen molar-refractivity contribution < 1.29 is 4.79 Å². The van der Waals surface area contributed by atoms with Crippen LogP contribution in [-0.2, 0) is 0 Å². The van der Waals surface area contributed by atoms with Crippen LogP contribution < -0.4 is 5.32 Å². The Kier molecular flexibility index (Phi) is 4.38. The molecule has 1 N–H and O–H groups in total. The number of benzene rings is 1. The minimum absolute atomic E-state index is 0.0714. The molecule has 0 aliphatic rings. The summed E-state index contributed by atoms with van der Waals surface area (Å²) in [4.78, 5) is 16.2. The molecule has 5 heteroatoms. The Labute approximate surface area is 116 Å². The molecule has 2 rings (SSSR count). The van der Waals surface area contributed by atoms with Crippen LogP contribution >= 0.6 is 24.0 Å². The normalized spacial score (nSPS) is 10.3. The number of amides is 1. The number of thiazole rings is 1. The second-order valence-electron chi connectivity index (χ2n) is 3.81. The van der Waals surface area contributed by atoms with E-state index in [0.29, 0.717) is 17.9 Å². The fourth-order valence-electron chi connectivity index (χ4n) is 1.59. The smallest absolute Gasteiger partial charge is 0.251 e. The van der Waals surface area contributed by atoms with Crippen LogP contribution in [-0.4, -0.2) is 23.2 Å². The van der Waals surface area contributed by atoms with Gasteiger partial charge >= 0.3 is 0 Å². The van der Waals surface area contributed by atoms with E-state index in [-0.39, 0.29) is 5.91 Å². The molecular formula is C13H14N2OS2. The summed E-state index contributed by atoms with van der Waals surface area (Å²) >= 11 is 5.67. The second-order valence-corrected chi connectivity index (χ2v) is 5.32. The van der Waals surface area contributed by atoms with E-state index < -0.39 is 0 Å². The number of aryl methyl sites for hydroxylation is 1. The van der Waals surface area contributed by atoms with Gasteiger partial charge in [-0.1, -0.05) is 12.1 Å². The average molecular weight is 278 g/mol. The Morgan fingerprint density at radius 1 is 1.50 bits per heavy atom. The molecule has 1 amide bonds. The van der Waals surface area contributed by atoms with Crippen LogP contribution in [0.4, 0.5) is 0 Å². The molecule has 0 fully saturated rings. The van der Waals surface area contributed by atoms with Crippen molar-refractivity contribution in [3.8, 4) is 11.3 Å². The lowest BCUT2D eigenvalue weighted by Crippen LogP contribution is -2.25. The highest BCUT2D eigenvalue weighted by atomic mass is 32.1. The molecule has 0 saturated carbocycles. The van der Waals surface area contributed by atoms with Gasteiger partial charge in [-0.15, -0.1) is 11.3 Å². The van der Waals surface area contributed by atoms with Crippen LogP contribution in [0.2, 0.25) is 0 Å². The maximum Gasteiger partial charge on any atom is 0.251 e. The topological polar surface area (TPSA) is 42.0 Å². The molecule has 0 radical (unpaired) electrons. The van der Waals surface area contributed by atoms with E-state index in [9.17, 15) is 4.79 Å². The summed E-state index contributed by atoms with van der Waals surface area (Å²) in [7, 11) is 0. The van der Waals surface area contributed by atoms with Crippen molar-refractivity contribution in [2.75, 3.05) is 12.3 Å². The van der Waals surface area contributed by atoms with Gasteiger partial charge in [0.2, 0.25) is 0 Å². The van der Waals surface area contributed by atoms with Gasteiger partial charge in [0.05, 0.1) is 10.7 Å². The van der Waals surface area contributed by atoms with E-state index in [4.69, 9.17) is 0 Å². The summed E-state index contributed by atoms with van der Waals surface area (Å²) in [5, 5.41) is 5.82. The first kappa shape index (κ1) is 13.1. The lowest BCUT2D eigenvalue weighted by atomic mass is 10.1. The third-order valence-corrected chi connectivity index (χ3v) is 3.43. The fraction of sp³-hybridized carbons (Fsp3) is 0.231. The predicted octanol–water partition coefficient (Wildman–Crippen LogP) is 2.78. The molecule has 1 aromatic carbocycles. The van der Waals surface area contributed by atoms with Crippen LogP contribution in [0, 0.1) is 6.92 Å². The SMILES string of the molecule is Cc1nc(-c2cccc(C(=O)NCCS)c2)cs1. The van der Waals surface area contributed by atoms with E-state index in [1.54, 1.807) is 17.4 Å². The maximum absolute atomic E-state index is 11.8. The van der Waals surface area contributed by atoms with Gasteiger partial charge < -0.3 is 5.32 Å². The quantitative estimate of drug-likeness (QED) is 0.845. The third-order valence-electron chi connectivity index (χ3n) is 2.44. The molecule has 0 unspecified atom stereocenters. The van der Waals surface area contributed by atoms with Crippen molar-refractivity contribution >= 4 is 29.9 Å². The molecule has 1 aromatic heterocycles. The highest BCUT2D eigenvalue weighted by Crippen LogP contribution is 2.22. The van der Waals surface area contributed by atoms with Gasteiger partial charge in [-0.05, 0) is 19.1 Å². The second kappa shape index (κ2) is 6.02. The molecule has 0 spiro atoms. The molecule has 94 valence electrons. The van der Waals surface area contributed by atoms with Crippen molar-refractivity contribution in [2.24, 2.45) is 0 Å². The Balaban J connectivity index is 2.22. The van der Waals surface area contributed by atoms with Crippen LogP contribution in [0.15, 0.2) is 29.6 Å². The van der Waals surface area contributed by atoms with E-state index in [1.165, 1.54) is 0 Å². The van der Waals surface area contributed by atoms with Gasteiger partial charge in [-0.3, -0.25) is 4.79 Å². The van der Waals surface area contributed by atoms with Crippen molar-refractivity contribution in [2.45, 2.75) is 6.92 Å². The van der Waals surface area contributed by atoms with Gasteiger partial charge in [0.1, 0.15) is 0 Å². The average Bonchev–Trinajstić information content (AvgIpc) is 2.83. The first-order valence-electron chi connectivity index (χ1n) is 5.62. The molecule has 0 atom stereocenters. The first-order chi connectivity index (χ1) is 8.70. The number of carbonyl (C=O) groups excluding carboxylic acids is 1. The highest BCUT2D eigenvalue weighted by Gasteiger charge is 2.07. The van der Waals surface area contributed by atoms with Gasteiger partial charge in [0, 0.05) is 28.8 Å². The summed E-state index contributed by atoms with van der Waals surface area (Å²) in [6, 6.07) is 7.50. The van der Waals surface area contributed by atoms with Crippen molar-refractivity contribution in [3.63, 3.8) is 0 Å². The summed E-state index contributed by atoms with van der Waals surface area (Å²) < 4.78 is 0. The molecule has 0 aliphatic heterocycles. The fourth-order valence-corrected chi connectivity index (χ4v) is 2.32. The number of nitrogens with one attached hydrogen (secondary N) is 1.